The number of carbonyl (C=O) groups excluding carboxylic acids is 1. The van der Waals surface area contributed by atoms with Crippen LogP contribution >= 0.6 is 0 Å². The molecule has 2 N–H and O–H groups in total. The molecule has 1 heterocycles. The van der Waals surface area contributed by atoms with E-state index in [1.165, 1.54) is 36.7 Å². The average molecular weight is 303 g/mol. The number of aromatic nitrogens is 2. The quantitative estimate of drug-likeness (QED) is 0.852. The van der Waals surface area contributed by atoms with Crippen LogP contribution in [0, 0.1) is 5.82 Å². The molecule has 6 nitrogen and oxygen atoms in total. The first-order valence-corrected chi connectivity index (χ1v) is 6.82. The van der Waals surface area contributed by atoms with Gasteiger partial charge in [-0.2, -0.15) is 0 Å². The second kappa shape index (κ2) is 7.46. The fourth-order valence-electron chi connectivity index (χ4n) is 1.66. The number of rotatable bonds is 6. The molecular weight excluding hydrogens is 285 g/mol. The number of hydrogen-bond donors (Lipinski definition) is 2. The fourth-order valence-corrected chi connectivity index (χ4v) is 1.66. The molecule has 0 unspecified atom stereocenters. The van der Waals surface area contributed by atoms with E-state index in [9.17, 15) is 9.18 Å². The van der Waals surface area contributed by atoms with Crippen molar-refractivity contribution in [2.45, 2.75) is 0 Å². The van der Waals surface area contributed by atoms with Crippen LogP contribution in [-0.2, 0) is 0 Å². The van der Waals surface area contributed by atoms with Crippen molar-refractivity contribution in [1.82, 2.24) is 14.9 Å². The third-order valence-electron chi connectivity index (χ3n) is 2.86. The Morgan fingerprint density at radius 2 is 1.82 bits per heavy atom. The van der Waals surface area contributed by atoms with Crippen LogP contribution in [0.2, 0.25) is 0 Å². The minimum Gasteiger partial charge on any atom is -0.353 e. The lowest BCUT2D eigenvalue weighted by Crippen LogP contribution is -2.21. The summed E-state index contributed by atoms with van der Waals surface area (Å²) in [6.45, 7) is 1.57. The van der Waals surface area contributed by atoms with Gasteiger partial charge in [0, 0.05) is 31.2 Å². The standard InChI is InChI=1S/C15H18FN5O/c1-21(2)8-7-17-15-18-9-11(10-19-15)14(22)20-13-5-3-12(16)4-6-13/h3-6,9-10H,7-8H2,1-2H3,(H,20,22)(H,17,18,19). The van der Waals surface area contributed by atoms with Crippen LogP contribution < -0.4 is 10.6 Å². The zero-order chi connectivity index (χ0) is 15.9. The van der Waals surface area contributed by atoms with Crippen LogP contribution in [0.5, 0.6) is 0 Å². The molecule has 0 aliphatic rings. The van der Waals surface area contributed by atoms with Crippen molar-refractivity contribution in [3.05, 3.63) is 48.0 Å². The molecule has 0 aliphatic carbocycles. The number of nitrogens with zero attached hydrogens (tertiary/aromatic N) is 3. The number of halogens is 1. The van der Waals surface area contributed by atoms with E-state index in [1.54, 1.807) is 0 Å². The maximum atomic E-state index is 12.8. The molecule has 1 aromatic carbocycles. The first kappa shape index (κ1) is 15.8. The number of benzene rings is 1. The SMILES string of the molecule is CN(C)CCNc1ncc(C(=O)Nc2ccc(F)cc2)cn1. The molecule has 0 fully saturated rings. The second-order valence-electron chi connectivity index (χ2n) is 4.99. The summed E-state index contributed by atoms with van der Waals surface area (Å²) >= 11 is 0. The number of carbonyl (C=O) groups is 1. The molecule has 116 valence electrons. The number of amides is 1. The molecule has 2 rings (SSSR count). The Morgan fingerprint density at radius 3 is 2.41 bits per heavy atom. The number of hydrogen-bond acceptors (Lipinski definition) is 5. The van der Waals surface area contributed by atoms with Crippen molar-refractivity contribution in [2.75, 3.05) is 37.8 Å². The molecule has 0 atom stereocenters. The molecule has 0 spiro atoms. The lowest BCUT2D eigenvalue weighted by atomic mass is 10.2. The van der Waals surface area contributed by atoms with Gasteiger partial charge in [0.25, 0.3) is 5.91 Å². The Labute approximate surface area is 128 Å². The summed E-state index contributed by atoms with van der Waals surface area (Å²) in [5.74, 6) is -0.221. The Bertz CT molecular complexity index is 613. The summed E-state index contributed by atoms with van der Waals surface area (Å²) in [6.07, 6.45) is 2.90. The fraction of sp³-hybridized carbons (Fsp3) is 0.267. The Balaban J connectivity index is 1.91. The minimum atomic E-state index is -0.352. The van der Waals surface area contributed by atoms with Gasteiger partial charge in [0.15, 0.2) is 0 Å². The number of likely N-dealkylation sites (N-methyl/N-ethyl adjacent to an activating group) is 1. The van der Waals surface area contributed by atoms with Gasteiger partial charge < -0.3 is 15.5 Å². The van der Waals surface area contributed by atoms with Gasteiger partial charge in [-0.15, -0.1) is 0 Å². The van der Waals surface area contributed by atoms with Gasteiger partial charge in [-0.3, -0.25) is 4.79 Å². The normalized spacial score (nSPS) is 10.5. The van der Waals surface area contributed by atoms with Crippen LogP contribution in [0.3, 0.4) is 0 Å². The molecule has 0 saturated heterocycles. The van der Waals surface area contributed by atoms with E-state index in [4.69, 9.17) is 0 Å². The summed E-state index contributed by atoms with van der Waals surface area (Å²) in [5.41, 5.74) is 0.849. The molecular formula is C15H18FN5O. The van der Waals surface area contributed by atoms with Crippen molar-refractivity contribution < 1.29 is 9.18 Å². The van der Waals surface area contributed by atoms with E-state index in [0.29, 0.717) is 23.7 Å². The summed E-state index contributed by atoms with van der Waals surface area (Å²) < 4.78 is 12.8. The van der Waals surface area contributed by atoms with E-state index in [-0.39, 0.29) is 11.7 Å². The van der Waals surface area contributed by atoms with E-state index in [0.717, 1.165) is 6.54 Å². The number of nitrogens with one attached hydrogen (secondary N) is 2. The van der Waals surface area contributed by atoms with Gasteiger partial charge in [0.1, 0.15) is 5.82 Å². The van der Waals surface area contributed by atoms with Gasteiger partial charge in [-0.05, 0) is 38.4 Å². The van der Waals surface area contributed by atoms with Crippen LogP contribution in [0.4, 0.5) is 16.0 Å². The van der Waals surface area contributed by atoms with E-state index in [1.807, 2.05) is 19.0 Å². The first-order valence-electron chi connectivity index (χ1n) is 6.82. The largest absolute Gasteiger partial charge is 0.353 e. The van der Waals surface area contributed by atoms with Crippen molar-refractivity contribution >= 4 is 17.5 Å². The third kappa shape index (κ3) is 4.78. The van der Waals surface area contributed by atoms with Crippen LogP contribution in [0.1, 0.15) is 10.4 Å². The zero-order valence-corrected chi connectivity index (χ0v) is 12.5. The molecule has 0 saturated carbocycles. The summed E-state index contributed by atoms with van der Waals surface area (Å²) in [7, 11) is 3.96. The highest BCUT2D eigenvalue weighted by molar-refractivity contribution is 6.03. The van der Waals surface area contributed by atoms with Crippen LogP contribution in [-0.4, -0.2) is 48.0 Å². The monoisotopic (exact) mass is 303 g/mol. The van der Waals surface area contributed by atoms with E-state index < -0.39 is 0 Å². The predicted molar refractivity (Wildman–Crippen MR) is 83.4 cm³/mol. The van der Waals surface area contributed by atoms with Gasteiger partial charge in [-0.1, -0.05) is 0 Å². The third-order valence-corrected chi connectivity index (χ3v) is 2.86. The molecule has 0 bridgehead atoms. The highest BCUT2D eigenvalue weighted by atomic mass is 19.1. The van der Waals surface area contributed by atoms with Crippen molar-refractivity contribution in [3.8, 4) is 0 Å². The predicted octanol–water partition coefficient (Wildman–Crippen LogP) is 1.84. The first-order chi connectivity index (χ1) is 10.5. The van der Waals surface area contributed by atoms with Crippen LogP contribution in [0.25, 0.3) is 0 Å². The molecule has 0 radical (unpaired) electrons. The summed E-state index contributed by atoms with van der Waals surface area (Å²) in [5, 5.41) is 5.71. The minimum absolute atomic E-state index is 0.336. The van der Waals surface area contributed by atoms with Crippen molar-refractivity contribution in [3.63, 3.8) is 0 Å². The molecule has 7 heteroatoms. The van der Waals surface area contributed by atoms with Gasteiger partial charge >= 0.3 is 0 Å². The summed E-state index contributed by atoms with van der Waals surface area (Å²) in [6, 6.07) is 5.55. The second-order valence-corrected chi connectivity index (χ2v) is 4.99. The average Bonchev–Trinajstić information content (AvgIpc) is 2.50. The molecule has 22 heavy (non-hydrogen) atoms. The Hall–Kier alpha value is -2.54. The maximum absolute atomic E-state index is 12.8. The lowest BCUT2D eigenvalue weighted by Gasteiger charge is -2.10. The Morgan fingerprint density at radius 1 is 1.18 bits per heavy atom. The maximum Gasteiger partial charge on any atom is 0.258 e. The van der Waals surface area contributed by atoms with E-state index in [2.05, 4.69) is 20.6 Å². The molecule has 2 aromatic rings. The lowest BCUT2D eigenvalue weighted by molar-refractivity contribution is 0.102. The van der Waals surface area contributed by atoms with Crippen LogP contribution in [0.15, 0.2) is 36.7 Å². The van der Waals surface area contributed by atoms with Gasteiger partial charge in [0.2, 0.25) is 5.95 Å². The van der Waals surface area contributed by atoms with Crippen molar-refractivity contribution in [1.29, 1.82) is 0 Å². The molecule has 0 aliphatic heterocycles. The van der Waals surface area contributed by atoms with Crippen molar-refractivity contribution in [2.24, 2.45) is 0 Å². The van der Waals surface area contributed by atoms with E-state index >= 15 is 0 Å². The zero-order valence-electron chi connectivity index (χ0n) is 12.5. The topological polar surface area (TPSA) is 70.2 Å². The number of anilines is 2. The molecule has 1 aromatic heterocycles. The Kier molecular flexibility index (Phi) is 5.37. The van der Waals surface area contributed by atoms with Gasteiger partial charge in [-0.25, -0.2) is 14.4 Å². The highest BCUT2D eigenvalue weighted by Crippen LogP contribution is 2.10. The summed E-state index contributed by atoms with van der Waals surface area (Å²) in [4.78, 5) is 22.2. The highest BCUT2D eigenvalue weighted by Gasteiger charge is 2.07. The van der Waals surface area contributed by atoms with Gasteiger partial charge in [0.05, 0.1) is 5.56 Å². The smallest absolute Gasteiger partial charge is 0.258 e. The molecule has 1 amide bonds.